The molecule has 0 spiro atoms. The van der Waals surface area contributed by atoms with Gasteiger partial charge in [-0.2, -0.15) is 0 Å². The van der Waals surface area contributed by atoms with E-state index in [1.807, 2.05) is 11.3 Å². The first kappa shape index (κ1) is 21.1. The Labute approximate surface area is 228 Å². The van der Waals surface area contributed by atoms with Gasteiger partial charge in [0.25, 0.3) is 0 Å². The molecule has 9 aromatic rings. The Morgan fingerprint density at radius 3 is 2.10 bits per heavy atom. The van der Waals surface area contributed by atoms with Gasteiger partial charge in [0.2, 0.25) is 0 Å². The highest BCUT2D eigenvalue weighted by Gasteiger charge is 2.17. The summed E-state index contributed by atoms with van der Waals surface area (Å²) in [7, 11) is 0. The predicted molar refractivity (Wildman–Crippen MR) is 168 cm³/mol. The first-order chi connectivity index (χ1) is 19.3. The van der Waals surface area contributed by atoms with E-state index in [2.05, 4.69) is 137 Å². The number of nitrogens with zero attached hydrogens (tertiary/aromatic N) is 1. The third-order valence-corrected chi connectivity index (χ3v) is 9.35. The predicted octanol–water partition coefficient (Wildman–Crippen LogP) is 10.5. The highest BCUT2D eigenvalue weighted by Crippen LogP contribution is 2.41. The summed E-state index contributed by atoms with van der Waals surface area (Å²) >= 11 is 1.88. The number of benzene rings is 6. The fourth-order valence-electron chi connectivity index (χ4n) is 6.35. The molecule has 2 nitrogen and oxygen atoms in total. The van der Waals surface area contributed by atoms with E-state index in [9.17, 15) is 0 Å². The minimum absolute atomic E-state index is 1.17. The van der Waals surface area contributed by atoms with Crippen molar-refractivity contribution in [1.82, 2.24) is 9.55 Å². The normalized spacial score (nSPS) is 12.1. The highest BCUT2D eigenvalue weighted by atomic mass is 32.1. The average molecular weight is 515 g/mol. The van der Waals surface area contributed by atoms with Gasteiger partial charge in [-0.1, -0.05) is 84.9 Å². The molecule has 0 fully saturated rings. The molecule has 0 unspecified atom stereocenters. The van der Waals surface area contributed by atoms with Gasteiger partial charge in [0.15, 0.2) is 0 Å². The number of aromatic nitrogens is 2. The first-order valence-electron chi connectivity index (χ1n) is 13.3. The molecular weight excluding hydrogens is 492 g/mol. The SMILES string of the molecule is c1ccc2c(c1)[nH]c1cc(-c3ccc4c(c3)c3ccccc3n4-c3cccc4c3sc3ccccc34)ccc12. The van der Waals surface area contributed by atoms with Crippen molar-refractivity contribution in [3.8, 4) is 16.8 Å². The van der Waals surface area contributed by atoms with Crippen LogP contribution in [0.15, 0.2) is 127 Å². The van der Waals surface area contributed by atoms with Crippen LogP contribution in [0.25, 0.3) is 80.6 Å². The van der Waals surface area contributed by atoms with Gasteiger partial charge >= 0.3 is 0 Å². The first-order valence-corrected chi connectivity index (χ1v) is 14.1. The maximum atomic E-state index is 3.61. The molecule has 0 saturated heterocycles. The number of thiophene rings is 1. The summed E-state index contributed by atoms with van der Waals surface area (Å²) in [5.41, 5.74) is 8.51. The largest absolute Gasteiger partial charge is 0.354 e. The number of H-pyrrole nitrogens is 1. The van der Waals surface area contributed by atoms with Crippen molar-refractivity contribution in [3.05, 3.63) is 127 Å². The zero-order chi connectivity index (χ0) is 25.5. The summed E-state index contributed by atoms with van der Waals surface area (Å²) in [6.45, 7) is 0. The van der Waals surface area contributed by atoms with Gasteiger partial charge in [0.05, 0.1) is 21.4 Å². The summed E-state index contributed by atoms with van der Waals surface area (Å²) in [5.74, 6) is 0. The summed E-state index contributed by atoms with van der Waals surface area (Å²) in [5, 5.41) is 7.74. The molecule has 0 aliphatic rings. The molecular formula is C36H22N2S. The van der Waals surface area contributed by atoms with E-state index in [4.69, 9.17) is 0 Å². The Kier molecular flexibility index (Phi) is 4.24. The number of hydrogen-bond donors (Lipinski definition) is 1. The summed E-state index contributed by atoms with van der Waals surface area (Å²) in [6.07, 6.45) is 0. The fraction of sp³-hybridized carbons (Fsp3) is 0. The van der Waals surface area contributed by atoms with Crippen molar-refractivity contribution in [2.45, 2.75) is 0 Å². The van der Waals surface area contributed by atoms with E-state index in [0.29, 0.717) is 0 Å². The Morgan fingerprint density at radius 2 is 1.15 bits per heavy atom. The molecule has 0 saturated carbocycles. The highest BCUT2D eigenvalue weighted by molar-refractivity contribution is 7.26. The van der Waals surface area contributed by atoms with Crippen LogP contribution in [0, 0.1) is 0 Å². The van der Waals surface area contributed by atoms with E-state index in [1.54, 1.807) is 0 Å². The third kappa shape index (κ3) is 2.96. The third-order valence-electron chi connectivity index (χ3n) is 8.14. The molecule has 3 heterocycles. The molecule has 1 N–H and O–H groups in total. The van der Waals surface area contributed by atoms with Crippen molar-refractivity contribution >= 4 is 75.1 Å². The van der Waals surface area contributed by atoms with E-state index >= 15 is 0 Å². The van der Waals surface area contributed by atoms with E-state index < -0.39 is 0 Å². The molecule has 0 aliphatic heterocycles. The molecule has 0 bridgehead atoms. The molecule has 6 aromatic carbocycles. The maximum absolute atomic E-state index is 3.61. The van der Waals surface area contributed by atoms with E-state index in [0.717, 1.165) is 0 Å². The van der Waals surface area contributed by atoms with Gasteiger partial charge in [-0.05, 0) is 53.6 Å². The van der Waals surface area contributed by atoms with Crippen LogP contribution in [0.5, 0.6) is 0 Å². The number of aromatic amines is 1. The molecule has 9 rings (SSSR count). The van der Waals surface area contributed by atoms with Crippen LogP contribution in [0.4, 0.5) is 0 Å². The van der Waals surface area contributed by atoms with Crippen LogP contribution < -0.4 is 0 Å². The molecule has 3 heteroatoms. The fourth-order valence-corrected chi connectivity index (χ4v) is 7.56. The number of rotatable bonds is 2. The van der Waals surface area contributed by atoms with Crippen molar-refractivity contribution in [2.24, 2.45) is 0 Å². The quantitative estimate of drug-likeness (QED) is 0.237. The topological polar surface area (TPSA) is 20.7 Å². The zero-order valence-electron chi connectivity index (χ0n) is 21.0. The van der Waals surface area contributed by atoms with Crippen LogP contribution in [0.3, 0.4) is 0 Å². The Balaban J connectivity index is 1.30. The lowest BCUT2D eigenvalue weighted by atomic mass is 10.0. The lowest BCUT2D eigenvalue weighted by Gasteiger charge is -2.10. The van der Waals surface area contributed by atoms with Crippen molar-refractivity contribution in [2.75, 3.05) is 0 Å². The Hall–Kier alpha value is -4.86. The second-order valence-corrected chi connectivity index (χ2v) is 11.3. The number of fused-ring (bicyclic) bond motifs is 9. The van der Waals surface area contributed by atoms with Gasteiger partial charge < -0.3 is 9.55 Å². The van der Waals surface area contributed by atoms with Gasteiger partial charge in [0, 0.05) is 48.1 Å². The molecule has 0 atom stereocenters. The number of para-hydroxylation sites is 2. The van der Waals surface area contributed by atoms with E-state index in [1.165, 1.54) is 80.6 Å². The van der Waals surface area contributed by atoms with Crippen LogP contribution in [-0.2, 0) is 0 Å². The van der Waals surface area contributed by atoms with Gasteiger partial charge in [-0.3, -0.25) is 0 Å². The number of hydrogen-bond acceptors (Lipinski definition) is 1. The molecule has 182 valence electrons. The monoisotopic (exact) mass is 514 g/mol. The zero-order valence-corrected chi connectivity index (χ0v) is 21.8. The van der Waals surface area contributed by atoms with Gasteiger partial charge in [-0.25, -0.2) is 0 Å². The smallest absolute Gasteiger partial charge is 0.0640 e. The minimum Gasteiger partial charge on any atom is -0.354 e. The molecule has 0 amide bonds. The molecule has 39 heavy (non-hydrogen) atoms. The second kappa shape index (κ2) is 7.83. The van der Waals surface area contributed by atoms with Crippen molar-refractivity contribution in [1.29, 1.82) is 0 Å². The Bertz CT molecular complexity index is 2400. The van der Waals surface area contributed by atoms with Gasteiger partial charge in [-0.15, -0.1) is 11.3 Å². The van der Waals surface area contributed by atoms with Gasteiger partial charge in [0.1, 0.15) is 0 Å². The average Bonchev–Trinajstić information content (AvgIpc) is 3.66. The van der Waals surface area contributed by atoms with Crippen LogP contribution >= 0.6 is 11.3 Å². The minimum atomic E-state index is 1.17. The standard InChI is InChI=1S/C36H22N2S/c1-4-12-30-24(8-1)25-18-16-23(21-31(25)37-30)22-17-19-33-29(20-22)26-9-2-5-13-32(26)38(33)34-14-7-11-28-27-10-3-6-15-35(27)39-36(28)34/h1-21,37H. The summed E-state index contributed by atoms with van der Waals surface area (Å²) in [4.78, 5) is 3.61. The summed E-state index contributed by atoms with van der Waals surface area (Å²) < 4.78 is 5.11. The lowest BCUT2D eigenvalue weighted by molar-refractivity contribution is 1.20. The number of nitrogens with one attached hydrogen (secondary N) is 1. The molecule has 0 radical (unpaired) electrons. The maximum Gasteiger partial charge on any atom is 0.0640 e. The van der Waals surface area contributed by atoms with Crippen molar-refractivity contribution in [3.63, 3.8) is 0 Å². The lowest BCUT2D eigenvalue weighted by Crippen LogP contribution is -1.93. The van der Waals surface area contributed by atoms with Crippen LogP contribution in [-0.4, -0.2) is 9.55 Å². The second-order valence-electron chi connectivity index (χ2n) is 10.3. The van der Waals surface area contributed by atoms with E-state index in [-0.39, 0.29) is 0 Å². The molecule has 0 aliphatic carbocycles. The van der Waals surface area contributed by atoms with Crippen LogP contribution in [0.2, 0.25) is 0 Å². The van der Waals surface area contributed by atoms with Crippen LogP contribution in [0.1, 0.15) is 0 Å². The molecule has 3 aromatic heterocycles. The Morgan fingerprint density at radius 1 is 0.462 bits per heavy atom. The summed E-state index contributed by atoms with van der Waals surface area (Å²) in [6, 6.07) is 46.5. The van der Waals surface area contributed by atoms with Crippen molar-refractivity contribution < 1.29 is 0 Å².